The van der Waals surface area contributed by atoms with Crippen molar-refractivity contribution in [1.82, 2.24) is 0 Å². The van der Waals surface area contributed by atoms with E-state index in [0.717, 1.165) is 28.1 Å². The monoisotopic (exact) mass is 424 g/mol. The second kappa shape index (κ2) is 9.73. The second-order valence-corrected chi connectivity index (χ2v) is 8.22. The van der Waals surface area contributed by atoms with Gasteiger partial charge in [-0.25, -0.2) is 4.39 Å². The van der Waals surface area contributed by atoms with Gasteiger partial charge in [0.1, 0.15) is 11.4 Å². The molecule has 0 aliphatic rings. The van der Waals surface area contributed by atoms with E-state index in [1.54, 1.807) is 26.0 Å². The van der Waals surface area contributed by atoms with Crippen LogP contribution < -0.4 is 15.8 Å². The van der Waals surface area contributed by atoms with Gasteiger partial charge in [0.05, 0.1) is 4.90 Å². The van der Waals surface area contributed by atoms with Gasteiger partial charge in [-0.05, 0) is 78.9 Å². The number of nitroso groups, excluding NO2 is 1. The Morgan fingerprint density at radius 1 is 1.00 bits per heavy atom. The van der Waals surface area contributed by atoms with Crippen molar-refractivity contribution in [2.24, 2.45) is 10.9 Å². The van der Waals surface area contributed by atoms with Gasteiger partial charge in [0.15, 0.2) is 0 Å². The van der Waals surface area contributed by atoms with Gasteiger partial charge >= 0.3 is 0 Å². The van der Waals surface area contributed by atoms with E-state index < -0.39 is 5.54 Å². The summed E-state index contributed by atoms with van der Waals surface area (Å²) in [6.45, 7) is 4.77. The van der Waals surface area contributed by atoms with E-state index in [9.17, 15) is 9.30 Å². The molecule has 0 spiro atoms. The molecule has 0 radical (unpaired) electrons. The lowest BCUT2D eigenvalue weighted by molar-refractivity contribution is 0.552. The van der Waals surface area contributed by atoms with Crippen LogP contribution in [0.1, 0.15) is 19.4 Å². The van der Waals surface area contributed by atoms with Gasteiger partial charge < -0.3 is 15.8 Å². The normalized spacial score (nSPS) is 11.2. The van der Waals surface area contributed by atoms with Crippen molar-refractivity contribution in [1.29, 1.82) is 0 Å². The molecule has 0 aromatic heterocycles. The average Bonchev–Trinajstić information content (AvgIpc) is 2.77. The van der Waals surface area contributed by atoms with Crippen molar-refractivity contribution in [3.8, 4) is 11.1 Å². The summed E-state index contributed by atoms with van der Waals surface area (Å²) in [5.41, 5.74) is 9.08. The highest BCUT2D eigenvalue weighted by Crippen LogP contribution is 2.32. The minimum Gasteiger partial charge on any atom is -0.384 e. The fraction of sp³-hybridized carbons (Fsp3) is 0.217. The van der Waals surface area contributed by atoms with E-state index in [1.807, 2.05) is 48.5 Å². The molecule has 3 rings (SSSR count). The van der Waals surface area contributed by atoms with Crippen LogP contribution in [0.25, 0.3) is 11.1 Å². The Labute approximate surface area is 180 Å². The first-order valence-corrected chi connectivity index (χ1v) is 10.5. The third-order valence-electron chi connectivity index (χ3n) is 4.68. The Balaban J connectivity index is 1.80. The summed E-state index contributed by atoms with van der Waals surface area (Å²) in [6, 6.07) is 20.3. The summed E-state index contributed by atoms with van der Waals surface area (Å²) in [4.78, 5) is 11.6. The maximum absolute atomic E-state index is 14.4. The molecule has 0 unspecified atom stereocenters. The Morgan fingerprint density at radius 3 is 2.50 bits per heavy atom. The third-order valence-corrected chi connectivity index (χ3v) is 5.55. The summed E-state index contributed by atoms with van der Waals surface area (Å²) in [5, 5.41) is 6.43. The van der Waals surface area contributed by atoms with Gasteiger partial charge in [-0.15, -0.1) is 4.91 Å². The molecule has 0 amide bonds. The van der Waals surface area contributed by atoms with Gasteiger partial charge in [-0.2, -0.15) is 0 Å². The molecule has 0 aliphatic carbocycles. The number of hydrogen-bond donors (Lipinski definition) is 3. The summed E-state index contributed by atoms with van der Waals surface area (Å²) in [5.74, 6) is -0.306. The zero-order valence-electron chi connectivity index (χ0n) is 17.0. The first-order chi connectivity index (χ1) is 14.4. The van der Waals surface area contributed by atoms with Gasteiger partial charge in [0, 0.05) is 24.5 Å². The lowest BCUT2D eigenvalue weighted by Gasteiger charge is -2.17. The van der Waals surface area contributed by atoms with E-state index in [0.29, 0.717) is 18.0 Å². The first kappa shape index (κ1) is 21.8. The topological polar surface area (TPSA) is 79.5 Å². The van der Waals surface area contributed by atoms with Gasteiger partial charge in [0.2, 0.25) is 0 Å². The molecular weight excluding hydrogens is 399 g/mol. The number of benzene rings is 3. The maximum atomic E-state index is 14.4. The number of hydrogen-bond acceptors (Lipinski definition) is 6. The Hall–Kier alpha value is -2.90. The standard InChI is InChI=1S/C23H25FN4OS/c1-23(2,28-29)18-6-3-5-16(13-18)17-9-10-21(24)22(14-17)30-27-20-8-4-7-19(15-20)26-12-11-25/h3-10,13-15,26-27H,11-12,25H2,1-2H3. The molecule has 0 atom stereocenters. The number of rotatable bonds is 9. The van der Waals surface area contributed by atoms with Crippen LogP contribution in [0.5, 0.6) is 0 Å². The molecule has 0 saturated heterocycles. The summed E-state index contributed by atoms with van der Waals surface area (Å²) in [6.07, 6.45) is 0. The zero-order chi connectivity index (χ0) is 21.6. The van der Waals surface area contributed by atoms with Crippen LogP contribution in [0.3, 0.4) is 0 Å². The van der Waals surface area contributed by atoms with Crippen molar-refractivity contribution in [2.75, 3.05) is 23.1 Å². The van der Waals surface area contributed by atoms with Crippen LogP contribution in [-0.2, 0) is 5.54 Å². The number of halogens is 1. The molecule has 3 aromatic rings. The number of anilines is 2. The zero-order valence-corrected chi connectivity index (χ0v) is 17.8. The van der Waals surface area contributed by atoms with E-state index >= 15 is 0 Å². The molecule has 0 fully saturated rings. The molecule has 0 saturated carbocycles. The van der Waals surface area contributed by atoms with Gasteiger partial charge in [-0.3, -0.25) is 0 Å². The smallest absolute Gasteiger partial charge is 0.138 e. The van der Waals surface area contributed by atoms with E-state index in [4.69, 9.17) is 5.73 Å². The van der Waals surface area contributed by atoms with Crippen LogP contribution >= 0.6 is 11.9 Å². The van der Waals surface area contributed by atoms with Crippen molar-refractivity contribution in [2.45, 2.75) is 24.3 Å². The minimum absolute atomic E-state index is 0.306. The van der Waals surface area contributed by atoms with E-state index in [-0.39, 0.29) is 5.82 Å². The highest BCUT2D eigenvalue weighted by atomic mass is 32.2. The van der Waals surface area contributed by atoms with Crippen LogP contribution in [-0.4, -0.2) is 13.1 Å². The largest absolute Gasteiger partial charge is 0.384 e. The highest BCUT2D eigenvalue weighted by molar-refractivity contribution is 8.00. The fourth-order valence-electron chi connectivity index (χ4n) is 2.92. The summed E-state index contributed by atoms with van der Waals surface area (Å²) >= 11 is 1.21. The third kappa shape index (κ3) is 5.37. The number of nitrogens with zero attached hydrogens (tertiary/aromatic N) is 1. The van der Waals surface area contributed by atoms with E-state index in [2.05, 4.69) is 15.2 Å². The van der Waals surface area contributed by atoms with Gasteiger partial charge in [-0.1, -0.05) is 35.5 Å². The van der Waals surface area contributed by atoms with Crippen molar-refractivity contribution >= 4 is 23.3 Å². The van der Waals surface area contributed by atoms with Crippen LogP contribution in [0.15, 0.2) is 76.8 Å². The molecule has 156 valence electrons. The van der Waals surface area contributed by atoms with Crippen LogP contribution in [0.2, 0.25) is 0 Å². The van der Waals surface area contributed by atoms with Gasteiger partial charge in [0.25, 0.3) is 0 Å². The number of nitrogens with one attached hydrogen (secondary N) is 2. The first-order valence-electron chi connectivity index (χ1n) is 9.65. The highest BCUT2D eigenvalue weighted by Gasteiger charge is 2.21. The second-order valence-electron chi connectivity index (χ2n) is 7.38. The van der Waals surface area contributed by atoms with Crippen LogP contribution in [0.4, 0.5) is 15.8 Å². The molecule has 0 heterocycles. The molecule has 30 heavy (non-hydrogen) atoms. The maximum Gasteiger partial charge on any atom is 0.138 e. The van der Waals surface area contributed by atoms with Crippen LogP contribution in [0, 0.1) is 10.7 Å². The van der Waals surface area contributed by atoms with Crippen molar-refractivity contribution in [3.05, 3.63) is 83.0 Å². The lowest BCUT2D eigenvalue weighted by Crippen LogP contribution is -2.12. The quantitative estimate of drug-likeness (QED) is 0.291. The van der Waals surface area contributed by atoms with E-state index in [1.165, 1.54) is 18.0 Å². The predicted octanol–water partition coefficient (Wildman–Crippen LogP) is 5.98. The van der Waals surface area contributed by atoms with Crippen molar-refractivity contribution in [3.63, 3.8) is 0 Å². The lowest BCUT2D eigenvalue weighted by atomic mass is 9.92. The molecule has 5 nitrogen and oxygen atoms in total. The molecule has 3 aromatic carbocycles. The molecule has 4 N–H and O–H groups in total. The van der Waals surface area contributed by atoms with Crippen molar-refractivity contribution < 1.29 is 4.39 Å². The molecular formula is C23H25FN4OS. The predicted molar refractivity (Wildman–Crippen MR) is 124 cm³/mol. The molecule has 7 heteroatoms. The molecule has 0 bridgehead atoms. The average molecular weight is 425 g/mol. The summed E-state index contributed by atoms with van der Waals surface area (Å²) in [7, 11) is 0. The fourth-order valence-corrected chi connectivity index (χ4v) is 3.62. The minimum atomic E-state index is -0.821. The SMILES string of the molecule is CC(C)(N=O)c1cccc(-c2ccc(F)c(SNc3cccc(NCCN)c3)c2)c1. The summed E-state index contributed by atoms with van der Waals surface area (Å²) < 4.78 is 17.6. The Kier molecular flexibility index (Phi) is 7.07. The molecule has 0 aliphatic heterocycles. The Morgan fingerprint density at radius 2 is 1.73 bits per heavy atom. The number of nitrogens with two attached hydrogens (primary N) is 1. The Bertz CT molecular complexity index is 1030.